The minimum atomic E-state index is 0.154. The maximum atomic E-state index is 6.23. The lowest BCUT2D eigenvalue weighted by Gasteiger charge is -2.20. The van der Waals surface area contributed by atoms with Crippen LogP contribution in [-0.2, 0) is 9.68 Å². The summed E-state index contributed by atoms with van der Waals surface area (Å²) in [6, 6.07) is 3.33. The van der Waals surface area contributed by atoms with Crippen LogP contribution in [-0.4, -0.2) is 25.6 Å². The van der Waals surface area contributed by atoms with E-state index in [9.17, 15) is 0 Å². The van der Waals surface area contributed by atoms with Crippen LogP contribution in [0.3, 0.4) is 0 Å². The zero-order valence-electron chi connectivity index (χ0n) is 10.4. The number of rotatable bonds is 2. The van der Waals surface area contributed by atoms with Crippen molar-refractivity contribution in [2.24, 2.45) is 10.3 Å². The normalized spacial score (nSPS) is 18.5. The van der Waals surface area contributed by atoms with Crippen molar-refractivity contribution < 1.29 is 9.68 Å². The molecule has 1 aromatic rings. The van der Waals surface area contributed by atoms with E-state index in [-0.39, 0.29) is 20.8 Å². The van der Waals surface area contributed by atoms with Crippen molar-refractivity contribution in [3.8, 4) is 0 Å². The van der Waals surface area contributed by atoms with Crippen LogP contribution >= 0.6 is 46.4 Å². The van der Waals surface area contributed by atoms with E-state index in [4.69, 9.17) is 56.1 Å². The topological polar surface area (TPSA) is 43.2 Å². The third kappa shape index (κ3) is 2.49. The molecule has 0 atom stereocenters. The molecule has 1 aromatic carbocycles. The molecule has 2 rings (SSSR count). The van der Waals surface area contributed by atoms with Crippen LogP contribution in [0.15, 0.2) is 32.5 Å². The van der Waals surface area contributed by atoms with Crippen LogP contribution in [0.1, 0.15) is 11.1 Å². The number of halogens is 4. The molecule has 4 nitrogen and oxygen atoms in total. The van der Waals surface area contributed by atoms with Crippen molar-refractivity contribution in [3.05, 3.63) is 43.4 Å². The molecule has 0 radical (unpaired) electrons. The third-order valence-electron chi connectivity index (χ3n) is 2.56. The van der Waals surface area contributed by atoms with Gasteiger partial charge in [-0.3, -0.25) is 0 Å². The maximum Gasteiger partial charge on any atom is 0.132 e. The van der Waals surface area contributed by atoms with E-state index in [0.717, 1.165) is 0 Å². The fourth-order valence-corrected chi connectivity index (χ4v) is 2.63. The number of oxime groups is 2. The van der Waals surface area contributed by atoms with E-state index in [2.05, 4.69) is 10.3 Å². The molecule has 0 N–H and O–H groups in total. The molecule has 20 heavy (non-hydrogen) atoms. The monoisotopic (exact) mass is 352 g/mol. The number of benzene rings is 1. The van der Waals surface area contributed by atoms with E-state index >= 15 is 0 Å². The molecule has 106 valence electrons. The molecular weight excluding hydrogens is 346 g/mol. The molecule has 8 heteroatoms. The van der Waals surface area contributed by atoms with E-state index in [1.807, 2.05) is 0 Å². The van der Waals surface area contributed by atoms with Gasteiger partial charge in [-0.25, -0.2) is 0 Å². The predicted molar refractivity (Wildman–Crippen MR) is 82.3 cm³/mol. The number of allylic oxidation sites excluding steroid dienone is 2. The standard InChI is InChI=1S/C12H8Cl4N2O2/c1-19-17-11-5-3-4-6(13)8(14)7(5)12(18-20-2)10(16)9(11)15/h3-4H,1-2H3. The van der Waals surface area contributed by atoms with Crippen LogP contribution in [0.5, 0.6) is 0 Å². The minimum Gasteiger partial charge on any atom is -0.399 e. The average molecular weight is 354 g/mol. The average Bonchev–Trinajstić information content (AvgIpc) is 2.43. The Bertz CT molecular complexity index is 653. The lowest BCUT2D eigenvalue weighted by atomic mass is 9.93. The van der Waals surface area contributed by atoms with Gasteiger partial charge in [-0.1, -0.05) is 62.8 Å². The summed E-state index contributed by atoms with van der Waals surface area (Å²) in [6.45, 7) is 0. The molecule has 0 unspecified atom stereocenters. The molecule has 0 fully saturated rings. The highest BCUT2D eigenvalue weighted by Crippen LogP contribution is 2.38. The van der Waals surface area contributed by atoms with Crippen LogP contribution in [0.25, 0.3) is 0 Å². The highest BCUT2D eigenvalue weighted by molar-refractivity contribution is 6.62. The molecule has 0 aromatic heterocycles. The Morgan fingerprint density at radius 2 is 1.40 bits per heavy atom. The molecular formula is C12H8Cl4N2O2. The second-order valence-corrected chi connectivity index (χ2v) is 5.20. The summed E-state index contributed by atoms with van der Waals surface area (Å²) in [5.41, 5.74) is 1.73. The van der Waals surface area contributed by atoms with Crippen molar-refractivity contribution in [2.45, 2.75) is 0 Å². The Balaban J connectivity index is 2.85. The van der Waals surface area contributed by atoms with Crippen molar-refractivity contribution in [3.63, 3.8) is 0 Å². The van der Waals surface area contributed by atoms with Crippen LogP contribution in [0, 0.1) is 0 Å². The molecule has 1 aliphatic carbocycles. The highest BCUT2D eigenvalue weighted by Gasteiger charge is 2.31. The van der Waals surface area contributed by atoms with Crippen molar-refractivity contribution in [1.29, 1.82) is 0 Å². The first kappa shape index (κ1) is 15.4. The van der Waals surface area contributed by atoms with Gasteiger partial charge in [0.2, 0.25) is 0 Å². The van der Waals surface area contributed by atoms with Gasteiger partial charge in [0.25, 0.3) is 0 Å². The maximum absolute atomic E-state index is 6.23. The quantitative estimate of drug-likeness (QED) is 0.739. The van der Waals surface area contributed by atoms with Gasteiger partial charge in [-0.2, -0.15) is 0 Å². The van der Waals surface area contributed by atoms with Crippen molar-refractivity contribution >= 4 is 57.8 Å². The first-order valence-electron chi connectivity index (χ1n) is 5.30. The molecule has 0 spiro atoms. The Kier molecular flexibility index (Phi) is 4.81. The summed E-state index contributed by atoms with van der Waals surface area (Å²) in [7, 11) is 2.79. The van der Waals surface area contributed by atoms with Crippen LogP contribution in [0.2, 0.25) is 10.0 Å². The fraction of sp³-hybridized carbons (Fsp3) is 0.167. The largest absolute Gasteiger partial charge is 0.399 e. The van der Waals surface area contributed by atoms with E-state index < -0.39 is 0 Å². The van der Waals surface area contributed by atoms with Gasteiger partial charge in [0.15, 0.2) is 0 Å². The predicted octanol–water partition coefficient (Wildman–Crippen LogP) is 4.40. The van der Waals surface area contributed by atoms with Gasteiger partial charge < -0.3 is 9.68 Å². The summed E-state index contributed by atoms with van der Waals surface area (Å²) in [4.78, 5) is 9.57. The first-order chi connectivity index (χ1) is 9.52. The van der Waals surface area contributed by atoms with E-state index in [0.29, 0.717) is 21.9 Å². The Hall–Kier alpha value is -0.940. The lowest BCUT2D eigenvalue weighted by Crippen LogP contribution is -2.20. The van der Waals surface area contributed by atoms with Gasteiger partial charge in [0.05, 0.1) is 20.1 Å². The SMILES string of the molecule is CON=C1C(Cl)=C(Cl)C(=NOC)c2c1ccc(Cl)c2Cl. The summed E-state index contributed by atoms with van der Waals surface area (Å²) >= 11 is 24.6. The van der Waals surface area contributed by atoms with E-state index in [1.54, 1.807) is 12.1 Å². The zero-order chi connectivity index (χ0) is 14.9. The number of fused-ring (bicyclic) bond motifs is 1. The molecule has 0 amide bonds. The number of nitrogens with zero attached hydrogens (tertiary/aromatic N) is 2. The first-order valence-corrected chi connectivity index (χ1v) is 6.81. The lowest BCUT2D eigenvalue weighted by molar-refractivity contribution is 0.213. The summed E-state index contributed by atoms with van der Waals surface area (Å²) < 4.78 is 0. The zero-order valence-corrected chi connectivity index (χ0v) is 13.4. The van der Waals surface area contributed by atoms with Gasteiger partial charge in [0.1, 0.15) is 25.6 Å². The Morgan fingerprint density at radius 1 is 0.850 bits per heavy atom. The molecule has 0 bridgehead atoms. The second-order valence-electron chi connectivity index (χ2n) is 3.66. The molecule has 0 aliphatic heterocycles. The van der Waals surface area contributed by atoms with Crippen molar-refractivity contribution in [1.82, 2.24) is 0 Å². The second kappa shape index (κ2) is 6.22. The molecule has 0 saturated carbocycles. The van der Waals surface area contributed by atoms with Crippen LogP contribution < -0.4 is 0 Å². The number of hydrogen-bond acceptors (Lipinski definition) is 4. The number of hydrogen-bond donors (Lipinski definition) is 0. The Morgan fingerprint density at radius 3 is 2.00 bits per heavy atom. The molecule has 0 heterocycles. The molecule has 0 saturated heterocycles. The summed E-state index contributed by atoms with van der Waals surface area (Å²) in [5, 5.41) is 8.71. The Labute approximate surface area is 135 Å². The van der Waals surface area contributed by atoms with Gasteiger partial charge >= 0.3 is 0 Å². The van der Waals surface area contributed by atoms with Crippen LogP contribution in [0.4, 0.5) is 0 Å². The fourth-order valence-electron chi connectivity index (χ4n) is 1.77. The third-order valence-corrected chi connectivity index (χ3v) is 4.20. The van der Waals surface area contributed by atoms with E-state index in [1.165, 1.54) is 14.2 Å². The van der Waals surface area contributed by atoms with Crippen molar-refractivity contribution in [2.75, 3.05) is 14.2 Å². The van der Waals surface area contributed by atoms with Gasteiger partial charge in [-0.05, 0) is 6.07 Å². The summed E-state index contributed by atoms with van der Waals surface area (Å²) in [6.07, 6.45) is 0. The smallest absolute Gasteiger partial charge is 0.132 e. The summed E-state index contributed by atoms with van der Waals surface area (Å²) in [5.74, 6) is 0. The molecule has 1 aliphatic rings. The highest BCUT2D eigenvalue weighted by atomic mass is 35.5. The van der Waals surface area contributed by atoms with Gasteiger partial charge in [0, 0.05) is 11.1 Å². The minimum absolute atomic E-state index is 0.154. The van der Waals surface area contributed by atoms with Gasteiger partial charge in [-0.15, -0.1) is 0 Å².